The number of methoxy groups -OCH3 is 2. The number of aromatic amines is 2. The number of amides is 4. The average molecular weight is 887 g/mol. The van der Waals surface area contributed by atoms with Crippen molar-refractivity contribution in [2.75, 3.05) is 27.3 Å². The number of carbonyl (C=O) groups excluding carboxylic acids is 4. The van der Waals surface area contributed by atoms with Gasteiger partial charge in [-0.15, -0.1) is 0 Å². The molecule has 15 heteroatoms. The molecule has 5 heterocycles. The van der Waals surface area contributed by atoms with Crippen molar-refractivity contribution in [1.82, 2.24) is 40.4 Å². The van der Waals surface area contributed by atoms with E-state index >= 15 is 0 Å². The van der Waals surface area contributed by atoms with Crippen LogP contribution < -0.4 is 10.6 Å². The number of aryl methyl sites for hydroxylation is 2. The van der Waals surface area contributed by atoms with Crippen LogP contribution in [0.25, 0.3) is 44.8 Å². The molecule has 10 rings (SSSR count). The molecular weight excluding hydrogens is 837 g/mol. The topological polar surface area (TPSA) is 188 Å². The van der Waals surface area contributed by atoms with E-state index in [4.69, 9.17) is 23.9 Å². The van der Waals surface area contributed by atoms with Crippen molar-refractivity contribution < 1.29 is 33.1 Å². The summed E-state index contributed by atoms with van der Waals surface area (Å²) in [6.07, 6.45) is 8.06. The summed E-state index contributed by atoms with van der Waals surface area (Å²) in [7, 11) is 2.57. The first-order chi connectivity index (χ1) is 32.3. The van der Waals surface area contributed by atoms with Crippen LogP contribution in [0.4, 0.5) is 9.59 Å². The first-order valence-corrected chi connectivity index (χ1v) is 22.5. The third kappa shape index (κ3) is 8.05. The maximum atomic E-state index is 14.1. The lowest BCUT2D eigenvalue weighted by Gasteiger charge is -2.28. The summed E-state index contributed by atoms with van der Waals surface area (Å²) in [6.45, 7) is 1.09. The van der Waals surface area contributed by atoms with E-state index in [9.17, 15) is 19.2 Å². The summed E-state index contributed by atoms with van der Waals surface area (Å²) in [5.41, 5.74) is 9.23. The van der Waals surface area contributed by atoms with E-state index in [-0.39, 0.29) is 23.9 Å². The lowest BCUT2D eigenvalue weighted by atomic mass is 9.98. The molecule has 3 aliphatic rings. The van der Waals surface area contributed by atoms with Crippen molar-refractivity contribution in [2.45, 2.75) is 69.1 Å². The number of furan rings is 1. The number of fused-ring (bicyclic) bond motifs is 5. The van der Waals surface area contributed by atoms with Gasteiger partial charge in [0.2, 0.25) is 0 Å². The molecule has 336 valence electrons. The van der Waals surface area contributed by atoms with Crippen LogP contribution in [0.15, 0.2) is 114 Å². The Hall–Kier alpha value is -7.68. The summed E-state index contributed by atoms with van der Waals surface area (Å²) < 4.78 is 16.4. The molecule has 2 aliphatic heterocycles. The molecule has 4 atom stereocenters. The molecule has 0 spiro atoms. The Morgan fingerprint density at radius 1 is 0.667 bits per heavy atom. The summed E-state index contributed by atoms with van der Waals surface area (Å²) in [4.78, 5) is 73.0. The fraction of sp³-hybridized carbons (Fsp3) is 0.294. The molecule has 0 radical (unpaired) electrons. The molecule has 4 aromatic carbocycles. The number of nitrogens with one attached hydrogen (secondary N) is 4. The number of likely N-dealkylation sites (tertiary alicyclic amines) is 2. The molecule has 4 amide bonds. The van der Waals surface area contributed by atoms with E-state index in [0.29, 0.717) is 35.9 Å². The van der Waals surface area contributed by atoms with Crippen LogP contribution in [-0.2, 0) is 31.9 Å². The minimum Gasteiger partial charge on any atom is -0.456 e. The van der Waals surface area contributed by atoms with Crippen LogP contribution in [0.3, 0.4) is 0 Å². The number of aromatic nitrogens is 4. The fourth-order valence-corrected chi connectivity index (χ4v) is 9.91. The van der Waals surface area contributed by atoms with Gasteiger partial charge in [0.05, 0.1) is 50.1 Å². The van der Waals surface area contributed by atoms with Gasteiger partial charge in [0, 0.05) is 35.2 Å². The number of H-pyrrole nitrogens is 2. The Bertz CT molecular complexity index is 2920. The van der Waals surface area contributed by atoms with Crippen LogP contribution in [0.2, 0.25) is 0 Å². The van der Waals surface area contributed by atoms with Crippen molar-refractivity contribution in [2.24, 2.45) is 0 Å². The Morgan fingerprint density at radius 3 is 1.74 bits per heavy atom. The van der Waals surface area contributed by atoms with E-state index in [0.717, 1.165) is 89.8 Å². The summed E-state index contributed by atoms with van der Waals surface area (Å²) in [6, 6.07) is 28.7. The predicted octanol–water partition coefficient (Wildman–Crippen LogP) is 8.89. The van der Waals surface area contributed by atoms with E-state index in [1.165, 1.54) is 25.3 Å². The lowest BCUT2D eigenvalue weighted by molar-refractivity contribution is -0.135. The van der Waals surface area contributed by atoms with Crippen LogP contribution in [0.5, 0.6) is 0 Å². The Kier molecular flexibility index (Phi) is 11.6. The van der Waals surface area contributed by atoms with Gasteiger partial charge >= 0.3 is 12.2 Å². The minimum absolute atomic E-state index is 0.214. The molecule has 2 saturated heterocycles. The molecular formula is C51H50N8O7. The normalized spacial score (nSPS) is 17.7. The first-order valence-electron chi connectivity index (χ1n) is 22.5. The van der Waals surface area contributed by atoms with Crippen molar-refractivity contribution in [3.63, 3.8) is 0 Å². The Balaban J connectivity index is 0.875. The predicted molar refractivity (Wildman–Crippen MR) is 246 cm³/mol. The number of imidazole rings is 2. The zero-order valence-corrected chi connectivity index (χ0v) is 36.7. The largest absolute Gasteiger partial charge is 0.456 e. The number of alkyl carbamates (subject to hydrolysis) is 2. The maximum Gasteiger partial charge on any atom is 0.407 e. The number of nitrogens with zero attached hydrogens (tertiary/aromatic N) is 4. The van der Waals surface area contributed by atoms with Gasteiger partial charge in [-0.2, -0.15) is 0 Å². The van der Waals surface area contributed by atoms with Crippen LogP contribution >= 0.6 is 0 Å². The van der Waals surface area contributed by atoms with E-state index in [1.807, 2.05) is 85.2 Å². The second-order valence-electron chi connectivity index (χ2n) is 17.0. The highest BCUT2D eigenvalue weighted by atomic mass is 16.5. The molecule has 3 aromatic heterocycles. The number of hydrogen-bond acceptors (Lipinski definition) is 9. The van der Waals surface area contributed by atoms with Crippen molar-refractivity contribution >= 4 is 35.0 Å². The SMILES string of the molecule is COC(=O)NC(C(=O)N1CCC[C@H]1c1ncc(-c2ccc3oc4c(c3c2)CCCc2cc(-c3cnc([C@@H]5CCCN5C(=O)[C@@H](NC(=O)OC)c5ccccc5)[nH]3)ccc2-4)[nH]1)c1ccccc1. The summed E-state index contributed by atoms with van der Waals surface area (Å²) >= 11 is 0. The summed E-state index contributed by atoms with van der Waals surface area (Å²) in [5.74, 6) is 1.84. The second kappa shape index (κ2) is 18.1. The third-order valence-corrected chi connectivity index (χ3v) is 13.2. The van der Waals surface area contributed by atoms with Crippen LogP contribution in [-0.4, -0.2) is 81.0 Å². The quantitative estimate of drug-likeness (QED) is 0.104. The standard InChI is InChI=1S/C51H50N8O7/c1-64-50(62)56-43(30-12-5-3-6-13-30)48(60)58-24-10-18-40(58)46-52-28-38(54-46)33-20-22-35-32(26-33)16-9-17-36-37-27-34(21-23-42(37)66-45(35)36)39-29-53-47(55-39)41-19-11-25-59(41)49(61)44(57-51(63)65-2)31-14-7-4-8-15-31/h3-8,12-15,20-23,26-29,40-41,43-44H,9-11,16-19,24-25H2,1-2H3,(H,52,54)(H,53,55)(H,56,62)(H,57,63)/t40-,41-,43-,44?/m0/s1. The lowest BCUT2D eigenvalue weighted by Crippen LogP contribution is -2.42. The smallest absolute Gasteiger partial charge is 0.407 e. The van der Waals surface area contributed by atoms with Gasteiger partial charge in [-0.25, -0.2) is 19.6 Å². The van der Waals surface area contributed by atoms with Crippen LogP contribution in [0.1, 0.15) is 90.2 Å². The number of hydrogen-bond donors (Lipinski definition) is 4. The Labute approximate surface area is 380 Å². The fourth-order valence-electron chi connectivity index (χ4n) is 9.91. The van der Waals surface area contributed by atoms with Gasteiger partial charge in [0.15, 0.2) is 0 Å². The minimum atomic E-state index is -0.895. The molecule has 4 N–H and O–H groups in total. The highest BCUT2D eigenvalue weighted by Crippen LogP contribution is 2.42. The zero-order valence-electron chi connectivity index (χ0n) is 36.7. The third-order valence-electron chi connectivity index (χ3n) is 13.2. The van der Waals surface area contributed by atoms with Gasteiger partial charge < -0.3 is 44.3 Å². The Morgan fingerprint density at radius 2 is 1.20 bits per heavy atom. The van der Waals surface area contributed by atoms with Crippen molar-refractivity contribution in [3.05, 3.63) is 143 Å². The van der Waals surface area contributed by atoms with Gasteiger partial charge in [0.25, 0.3) is 11.8 Å². The van der Waals surface area contributed by atoms with E-state index < -0.39 is 24.3 Å². The molecule has 15 nitrogen and oxygen atoms in total. The molecule has 0 bridgehead atoms. The van der Waals surface area contributed by atoms with Crippen LogP contribution in [0, 0.1) is 0 Å². The molecule has 1 aliphatic carbocycles. The van der Waals surface area contributed by atoms with E-state index in [1.54, 1.807) is 9.80 Å². The van der Waals surface area contributed by atoms with E-state index in [2.05, 4.69) is 44.9 Å². The zero-order chi connectivity index (χ0) is 45.3. The molecule has 66 heavy (non-hydrogen) atoms. The highest BCUT2D eigenvalue weighted by Gasteiger charge is 2.39. The monoisotopic (exact) mass is 886 g/mol. The van der Waals surface area contributed by atoms with Crippen molar-refractivity contribution in [1.29, 1.82) is 0 Å². The first kappa shape index (κ1) is 42.3. The number of rotatable bonds is 10. The molecule has 7 aromatic rings. The maximum absolute atomic E-state index is 14.1. The van der Waals surface area contributed by atoms with Gasteiger partial charge in [-0.3, -0.25) is 9.59 Å². The number of benzene rings is 4. The van der Waals surface area contributed by atoms with Gasteiger partial charge in [-0.1, -0.05) is 72.8 Å². The van der Waals surface area contributed by atoms with Crippen molar-refractivity contribution in [3.8, 4) is 33.8 Å². The number of carbonyl (C=O) groups is 4. The van der Waals surface area contributed by atoms with Gasteiger partial charge in [0.1, 0.15) is 35.1 Å². The molecule has 1 unspecified atom stereocenters. The molecule has 0 saturated carbocycles. The average Bonchev–Trinajstić information content (AvgIpc) is 4.22. The van der Waals surface area contributed by atoms with Gasteiger partial charge in [-0.05, 0) is 91.5 Å². The summed E-state index contributed by atoms with van der Waals surface area (Å²) in [5, 5.41) is 6.52. The second-order valence-corrected chi connectivity index (χ2v) is 17.0. The highest BCUT2D eigenvalue weighted by molar-refractivity contribution is 5.92. The molecule has 2 fully saturated rings. The number of ether oxygens (including phenoxy) is 2.